The van der Waals surface area contributed by atoms with Crippen molar-refractivity contribution in [2.75, 3.05) is 5.43 Å². The number of H-pyrrole nitrogens is 1. The molecule has 11 nitrogen and oxygen atoms in total. The number of aryl methyl sites for hydroxylation is 1. The maximum Gasteiger partial charge on any atom is 0.329 e. The number of halogens is 1. The number of aromatic nitrogens is 4. The van der Waals surface area contributed by atoms with Gasteiger partial charge in [0.2, 0.25) is 5.95 Å². The van der Waals surface area contributed by atoms with Gasteiger partial charge in [-0.05, 0) is 13.8 Å². The number of benzene rings is 1. The van der Waals surface area contributed by atoms with E-state index < -0.39 is 16.2 Å². The topological polar surface area (TPSA) is 140 Å². The molecule has 0 radical (unpaired) electrons. The van der Waals surface area contributed by atoms with Gasteiger partial charge in [0.1, 0.15) is 0 Å². The van der Waals surface area contributed by atoms with Crippen molar-refractivity contribution in [3.63, 3.8) is 0 Å². The van der Waals surface area contributed by atoms with Gasteiger partial charge in [-0.15, -0.1) is 0 Å². The zero-order chi connectivity index (χ0) is 22.0. The highest BCUT2D eigenvalue weighted by Crippen LogP contribution is 2.18. The van der Waals surface area contributed by atoms with Crippen LogP contribution in [0.1, 0.15) is 19.4 Å². The minimum atomic E-state index is -0.593. The molecule has 1 aromatic carbocycles. The summed E-state index contributed by atoms with van der Waals surface area (Å²) in [6.45, 7) is 3.57. The zero-order valence-electron chi connectivity index (χ0n) is 16.3. The molecule has 0 saturated carbocycles. The van der Waals surface area contributed by atoms with Crippen molar-refractivity contribution in [2.24, 2.45) is 12.1 Å². The highest BCUT2D eigenvalue weighted by molar-refractivity contribution is 6.29. The van der Waals surface area contributed by atoms with Crippen molar-refractivity contribution < 1.29 is 4.92 Å². The van der Waals surface area contributed by atoms with E-state index in [0.29, 0.717) is 16.3 Å². The highest BCUT2D eigenvalue weighted by Gasteiger charge is 2.17. The van der Waals surface area contributed by atoms with E-state index >= 15 is 0 Å². The first kappa shape index (κ1) is 21.0. The van der Waals surface area contributed by atoms with E-state index in [1.165, 1.54) is 28.3 Å². The van der Waals surface area contributed by atoms with E-state index in [4.69, 9.17) is 11.6 Å². The summed E-state index contributed by atoms with van der Waals surface area (Å²) in [7, 11) is 1.49. The van der Waals surface area contributed by atoms with Crippen LogP contribution in [0.5, 0.6) is 0 Å². The van der Waals surface area contributed by atoms with Crippen LogP contribution in [0.15, 0.2) is 50.1 Å². The predicted octanol–water partition coefficient (Wildman–Crippen LogP) is 2.31. The third-order valence-electron chi connectivity index (χ3n) is 4.36. The standard InChI is InChI=1S/C18H18ClN7O4/c1-10(19)7-8-25-14-15(24(3)18(28)21-16(14)27)20-17(25)23-22-11(2)12-5-4-6-13(9-12)26(29)30/h4-7,9H,8H2,1-3H3,(H,20,23)(H,21,27,28)/b10-7-,22-11+. The summed E-state index contributed by atoms with van der Waals surface area (Å²) in [6, 6.07) is 6.03. The van der Waals surface area contributed by atoms with E-state index in [9.17, 15) is 19.7 Å². The van der Waals surface area contributed by atoms with Gasteiger partial charge in [-0.3, -0.25) is 29.0 Å². The molecule has 0 fully saturated rings. The number of fused-ring (bicyclic) bond motifs is 1. The molecule has 0 aliphatic rings. The second-order valence-electron chi connectivity index (χ2n) is 6.44. The lowest BCUT2D eigenvalue weighted by molar-refractivity contribution is -0.384. The quantitative estimate of drug-likeness (QED) is 0.348. The summed E-state index contributed by atoms with van der Waals surface area (Å²) in [4.78, 5) is 41.3. The molecule has 2 N–H and O–H groups in total. The average Bonchev–Trinajstić information content (AvgIpc) is 3.08. The fourth-order valence-electron chi connectivity index (χ4n) is 2.76. The summed E-state index contributed by atoms with van der Waals surface area (Å²) in [6.07, 6.45) is 1.68. The molecule has 30 heavy (non-hydrogen) atoms. The minimum Gasteiger partial charge on any atom is -0.299 e. The normalized spacial score (nSPS) is 12.4. The van der Waals surface area contributed by atoms with Gasteiger partial charge in [0.15, 0.2) is 11.2 Å². The highest BCUT2D eigenvalue weighted by atomic mass is 35.5. The van der Waals surface area contributed by atoms with Crippen molar-refractivity contribution in [3.8, 4) is 0 Å². The fourth-order valence-corrected chi connectivity index (χ4v) is 2.83. The van der Waals surface area contributed by atoms with E-state index in [1.54, 1.807) is 32.1 Å². The lowest BCUT2D eigenvalue weighted by atomic mass is 10.1. The molecule has 0 atom stereocenters. The van der Waals surface area contributed by atoms with Crippen LogP contribution in [-0.4, -0.2) is 29.7 Å². The number of hydrazone groups is 1. The molecule has 2 aromatic heterocycles. The van der Waals surface area contributed by atoms with Crippen LogP contribution in [0.2, 0.25) is 0 Å². The summed E-state index contributed by atoms with van der Waals surface area (Å²) in [5.41, 5.74) is 2.90. The van der Waals surface area contributed by atoms with E-state index in [-0.39, 0.29) is 29.3 Å². The maximum absolute atomic E-state index is 12.4. The molecule has 3 rings (SSSR count). The molecule has 0 aliphatic carbocycles. The molecule has 0 aliphatic heterocycles. The van der Waals surface area contributed by atoms with Crippen LogP contribution < -0.4 is 16.7 Å². The summed E-state index contributed by atoms with van der Waals surface area (Å²) in [5, 5.41) is 15.7. The number of nitro benzene ring substituents is 1. The van der Waals surface area contributed by atoms with Gasteiger partial charge in [0, 0.05) is 36.3 Å². The van der Waals surface area contributed by atoms with Gasteiger partial charge in [-0.1, -0.05) is 29.8 Å². The van der Waals surface area contributed by atoms with Crippen molar-refractivity contribution in [1.82, 2.24) is 19.1 Å². The predicted molar refractivity (Wildman–Crippen MR) is 114 cm³/mol. The van der Waals surface area contributed by atoms with E-state index in [2.05, 4.69) is 20.5 Å². The molecule has 0 spiro atoms. The molecule has 156 valence electrons. The van der Waals surface area contributed by atoms with E-state index in [0.717, 1.165) is 0 Å². The van der Waals surface area contributed by atoms with Gasteiger partial charge in [0.05, 0.1) is 10.6 Å². The van der Waals surface area contributed by atoms with Crippen LogP contribution in [-0.2, 0) is 13.6 Å². The van der Waals surface area contributed by atoms with Gasteiger partial charge < -0.3 is 0 Å². The van der Waals surface area contributed by atoms with Crippen LogP contribution >= 0.6 is 11.6 Å². The minimum absolute atomic E-state index is 0.0569. The Balaban J connectivity index is 2.08. The Morgan fingerprint density at radius 1 is 1.40 bits per heavy atom. The number of nitrogens with zero attached hydrogens (tertiary/aromatic N) is 5. The first-order valence-corrected chi connectivity index (χ1v) is 9.13. The number of nitro groups is 1. The second kappa shape index (κ2) is 8.33. The Bertz CT molecular complexity index is 1310. The number of hydrogen-bond acceptors (Lipinski definition) is 7. The van der Waals surface area contributed by atoms with Crippen molar-refractivity contribution in [2.45, 2.75) is 20.4 Å². The Morgan fingerprint density at radius 2 is 2.13 bits per heavy atom. The monoisotopic (exact) mass is 431 g/mol. The molecule has 0 saturated heterocycles. The van der Waals surface area contributed by atoms with Crippen molar-refractivity contribution >= 4 is 40.1 Å². The molecular formula is C18H18ClN7O4. The van der Waals surface area contributed by atoms with Gasteiger partial charge in [-0.2, -0.15) is 10.1 Å². The largest absolute Gasteiger partial charge is 0.329 e. The Morgan fingerprint density at radius 3 is 2.80 bits per heavy atom. The summed E-state index contributed by atoms with van der Waals surface area (Å²) >= 11 is 5.93. The number of hydrogen-bond donors (Lipinski definition) is 2. The smallest absolute Gasteiger partial charge is 0.299 e. The fraction of sp³-hybridized carbons (Fsp3) is 0.222. The lowest BCUT2D eigenvalue weighted by Crippen LogP contribution is -2.29. The van der Waals surface area contributed by atoms with Crippen molar-refractivity contribution in [3.05, 3.63) is 71.9 Å². The number of non-ortho nitro benzene ring substituents is 1. The Labute approximate surface area is 174 Å². The molecule has 0 bridgehead atoms. The van der Waals surface area contributed by atoms with Crippen LogP contribution in [0, 0.1) is 10.1 Å². The molecule has 2 heterocycles. The zero-order valence-corrected chi connectivity index (χ0v) is 17.1. The number of aromatic amines is 1. The van der Waals surface area contributed by atoms with Gasteiger partial charge in [0.25, 0.3) is 11.2 Å². The Kier molecular flexibility index (Phi) is 5.83. The first-order valence-electron chi connectivity index (χ1n) is 8.76. The summed E-state index contributed by atoms with van der Waals surface area (Å²) in [5.74, 6) is 0.204. The van der Waals surface area contributed by atoms with Crippen LogP contribution in [0.25, 0.3) is 11.2 Å². The number of allylic oxidation sites excluding steroid dienone is 2. The second-order valence-corrected chi connectivity index (χ2v) is 7.04. The number of anilines is 1. The van der Waals surface area contributed by atoms with Crippen LogP contribution in [0.3, 0.4) is 0 Å². The van der Waals surface area contributed by atoms with Crippen molar-refractivity contribution in [1.29, 1.82) is 0 Å². The average molecular weight is 432 g/mol. The molecule has 0 amide bonds. The molecule has 0 unspecified atom stereocenters. The first-order chi connectivity index (χ1) is 14.2. The summed E-state index contributed by atoms with van der Waals surface area (Å²) < 4.78 is 2.75. The molecule has 12 heteroatoms. The Hall–Kier alpha value is -3.73. The third-order valence-corrected chi connectivity index (χ3v) is 4.51. The lowest BCUT2D eigenvalue weighted by Gasteiger charge is -2.07. The molecule has 3 aromatic rings. The van der Waals surface area contributed by atoms with Gasteiger partial charge in [-0.25, -0.2) is 10.2 Å². The third kappa shape index (κ3) is 4.15. The maximum atomic E-state index is 12.4. The number of imidazole rings is 1. The molecular weight excluding hydrogens is 414 g/mol. The SMILES string of the molecule is C/C(Cl)=C/Cn1c(N/N=C(\C)c2cccc([N+](=O)[O-])c2)nc2c1c(=O)[nH]c(=O)n2C. The van der Waals surface area contributed by atoms with Gasteiger partial charge >= 0.3 is 5.69 Å². The number of rotatable bonds is 6. The number of nitrogens with one attached hydrogen (secondary N) is 2. The van der Waals surface area contributed by atoms with E-state index in [1.807, 2.05) is 0 Å². The van der Waals surface area contributed by atoms with Crippen LogP contribution in [0.4, 0.5) is 11.6 Å².